The van der Waals surface area contributed by atoms with Crippen molar-refractivity contribution < 1.29 is 9.53 Å². The Hall–Kier alpha value is -3.31. The summed E-state index contributed by atoms with van der Waals surface area (Å²) in [5.41, 5.74) is 5.45. The molecule has 0 radical (unpaired) electrons. The number of nitrogens with zero attached hydrogens (tertiary/aromatic N) is 3. The number of aromatic nitrogens is 2. The van der Waals surface area contributed by atoms with Gasteiger partial charge in [-0.15, -0.1) is 0 Å². The number of para-hydroxylation sites is 2. The van der Waals surface area contributed by atoms with E-state index in [1.807, 2.05) is 36.1 Å². The first-order valence-electron chi connectivity index (χ1n) is 13.8. The van der Waals surface area contributed by atoms with Crippen LogP contribution in [0, 0.1) is 6.92 Å². The summed E-state index contributed by atoms with van der Waals surface area (Å²) in [6, 6.07) is 22.6. The van der Waals surface area contributed by atoms with Gasteiger partial charge in [0.2, 0.25) is 5.91 Å². The van der Waals surface area contributed by atoms with E-state index in [1.165, 1.54) is 18.4 Å². The average molecular weight is 530 g/mol. The third-order valence-electron chi connectivity index (χ3n) is 7.42. The molecule has 3 aromatic carbocycles. The lowest BCUT2D eigenvalue weighted by atomic mass is 10.1. The van der Waals surface area contributed by atoms with Gasteiger partial charge in [0, 0.05) is 36.1 Å². The quantitative estimate of drug-likeness (QED) is 0.187. The minimum atomic E-state index is 0.0722. The number of rotatable bonds is 11. The second-order valence-corrected chi connectivity index (χ2v) is 10.7. The molecule has 1 aliphatic heterocycles. The predicted molar refractivity (Wildman–Crippen MR) is 155 cm³/mol. The molecule has 5 rings (SSSR count). The number of hydrogen-bond donors (Lipinski definition) is 0. The largest absolute Gasteiger partial charge is 0.494 e. The van der Waals surface area contributed by atoms with Crippen LogP contribution in [-0.2, 0) is 17.8 Å². The van der Waals surface area contributed by atoms with Gasteiger partial charge in [-0.05, 0) is 86.2 Å². The number of carbonyl (C=O) groups excluding carboxylic acids is 1. The molecule has 0 spiro atoms. The molecule has 6 heteroatoms. The molecule has 5 nitrogen and oxygen atoms in total. The highest BCUT2D eigenvalue weighted by Crippen LogP contribution is 2.33. The van der Waals surface area contributed by atoms with Crippen LogP contribution in [-0.4, -0.2) is 28.6 Å². The molecule has 1 unspecified atom stereocenters. The fraction of sp³-hybridized carbons (Fsp3) is 0.375. The number of carbonyl (C=O) groups is 1. The SMILES string of the molecule is CCCCc1ccc(N2CC(c3nc4ccccc4n3CCCCOc3ccc(Cl)c(C)c3)CC2=O)cc1. The van der Waals surface area contributed by atoms with Crippen molar-refractivity contribution in [1.29, 1.82) is 0 Å². The molecule has 1 aliphatic rings. The Bertz CT molecular complexity index is 1400. The van der Waals surface area contributed by atoms with Crippen LogP contribution in [0.2, 0.25) is 5.02 Å². The van der Waals surface area contributed by atoms with E-state index >= 15 is 0 Å². The van der Waals surface area contributed by atoms with Crippen molar-refractivity contribution in [2.75, 3.05) is 18.1 Å². The maximum Gasteiger partial charge on any atom is 0.227 e. The summed E-state index contributed by atoms with van der Waals surface area (Å²) in [7, 11) is 0. The van der Waals surface area contributed by atoms with E-state index in [0.717, 1.165) is 64.7 Å². The fourth-order valence-electron chi connectivity index (χ4n) is 5.26. The summed E-state index contributed by atoms with van der Waals surface area (Å²) in [4.78, 5) is 20.0. The number of unbranched alkanes of at least 4 members (excludes halogenated alkanes) is 2. The van der Waals surface area contributed by atoms with Crippen LogP contribution >= 0.6 is 11.6 Å². The zero-order valence-electron chi connectivity index (χ0n) is 22.3. The van der Waals surface area contributed by atoms with Gasteiger partial charge in [0.25, 0.3) is 0 Å². The number of hydrogen-bond acceptors (Lipinski definition) is 3. The van der Waals surface area contributed by atoms with Crippen molar-refractivity contribution in [2.24, 2.45) is 0 Å². The average Bonchev–Trinajstić information content (AvgIpc) is 3.50. The molecule has 4 aromatic rings. The van der Waals surface area contributed by atoms with Gasteiger partial charge in [-0.2, -0.15) is 0 Å². The van der Waals surface area contributed by atoms with Gasteiger partial charge in [0.05, 0.1) is 17.6 Å². The van der Waals surface area contributed by atoms with Crippen molar-refractivity contribution in [3.05, 3.63) is 88.7 Å². The van der Waals surface area contributed by atoms with E-state index in [9.17, 15) is 4.79 Å². The molecule has 2 heterocycles. The molecule has 1 fully saturated rings. The van der Waals surface area contributed by atoms with Crippen molar-refractivity contribution >= 4 is 34.2 Å². The van der Waals surface area contributed by atoms with Crippen molar-refractivity contribution in [1.82, 2.24) is 9.55 Å². The topological polar surface area (TPSA) is 47.4 Å². The molecule has 0 saturated carbocycles. The van der Waals surface area contributed by atoms with Gasteiger partial charge >= 0.3 is 0 Å². The van der Waals surface area contributed by atoms with Gasteiger partial charge < -0.3 is 14.2 Å². The van der Waals surface area contributed by atoms with Gasteiger partial charge in [-0.25, -0.2) is 4.98 Å². The Morgan fingerprint density at radius 1 is 1.03 bits per heavy atom. The number of amides is 1. The third-order valence-corrected chi connectivity index (χ3v) is 7.84. The monoisotopic (exact) mass is 529 g/mol. The number of halogens is 1. The first-order chi connectivity index (χ1) is 18.5. The number of fused-ring (bicyclic) bond motifs is 1. The summed E-state index contributed by atoms with van der Waals surface area (Å²) in [5, 5.41) is 0.754. The molecule has 1 aromatic heterocycles. The summed E-state index contributed by atoms with van der Waals surface area (Å²) in [6.07, 6.45) is 5.83. The zero-order valence-corrected chi connectivity index (χ0v) is 23.1. The van der Waals surface area contributed by atoms with E-state index in [-0.39, 0.29) is 11.8 Å². The Morgan fingerprint density at radius 2 is 1.84 bits per heavy atom. The van der Waals surface area contributed by atoms with Gasteiger partial charge in [0.15, 0.2) is 0 Å². The summed E-state index contributed by atoms with van der Waals surface area (Å²) in [6.45, 7) is 6.34. The first-order valence-corrected chi connectivity index (χ1v) is 14.1. The molecule has 0 N–H and O–H groups in total. The Morgan fingerprint density at radius 3 is 2.63 bits per heavy atom. The summed E-state index contributed by atoms with van der Waals surface area (Å²) < 4.78 is 8.27. The fourth-order valence-corrected chi connectivity index (χ4v) is 5.38. The highest BCUT2D eigenvalue weighted by molar-refractivity contribution is 6.31. The highest BCUT2D eigenvalue weighted by Gasteiger charge is 2.34. The lowest BCUT2D eigenvalue weighted by Gasteiger charge is -2.18. The Labute approximate surface area is 230 Å². The van der Waals surface area contributed by atoms with Crippen molar-refractivity contribution in [3.63, 3.8) is 0 Å². The number of ether oxygens (including phenoxy) is 1. The summed E-state index contributed by atoms with van der Waals surface area (Å²) >= 11 is 6.13. The molecule has 1 saturated heterocycles. The number of imidazole rings is 1. The van der Waals surface area contributed by atoms with E-state index in [0.29, 0.717) is 19.6 Å². The lowest BCUT2D eigenvalue weighted by molar-refractivity contribution is -0.117. The van der Waals surface area contributed by atoms with Crippen LogP contribution in [0.25, 0.3) is 11.0 Å². The standard InChI is InChI=1S/C32H36ClN3O2/c1-3-4-9-24-12-14-26(15-13-24)36-22-25(21-31(36)37)32-34-29-10-5-6-11-30(29)35(32)18-7-8-19-38-27-16-17-28(33)23(2)20-27/h5-6,10-17,20,25H,3-4,7-9,18-19,21-22H2,1-2H3. The minimum Gasteiger partial charge on any atom is -0.494 e. The zero-order chi connectivity index (χ0) is 26.5. The molecular formula is C32H36ClN3O2. The van der Waals surface area contributed by atoms with Crippen LogP contribution in [0.1, 0.15) is 61.9 Å². The molecule has 38 heavy (non-hydrogen) atoms. The molecule has 0 aliphatic carbocycles. The number of benzene rings is 3. The van der Waals surface area contributed by atoms with Gasteiger partial charge in [-0.3, -0.25) is 4.79 Å². The second kappa shape index (κ2) is 12.0. The van der Waals surface area contributed by atoms with Crippen molar-refractivity contribution in [2.45, 2.75) is 64.8 Å². The smallest absolute Gasteiger partial charge is 0.227 e. The highest BCUT2D eigenvalue weighted by atomic mass is 35.5. The number of anilines is 1. The number of aryl methyl sites for hydroxylation is 3. The van der Waals surface area contributed by atoms with E-state index < -0.39 is 0 Å². The van der Waals surface area contributed by atoms with Crippen LogP contribution in [0.5, 0.6) is 5.75 Å². The maximum absolute atomic E-state index is 13.1. The van der Waals surface area contributed by atoms with Crippen LogP contribution < -0.4 is 9.64 Å². The predicted octanol–water partition coefficient (Wildman–Crippen LogP) is 7.72. The van der Waals surface area contributed by atoms with E-state index in [1.54, 1.807) is 0 Å². The van der Waals surface area contributed by atoms with Gasteiger partial charge in [-0.1, -0.05) is 49.2 Å². The van der Waals surface area contributed by atoms with Crippen LogP contribution in [0.3, 0.4) is 0 Å². The molecule has 1 atom stereocenters. The van der Waals surface area contributed by atoms with E-state index in [4.69, 9.17) is 21.3 Å². The lowest BCUT2D eigenvalue weighted by Crippen LogP contribution is -2.24. The first kappa shape index (κ1) is 26.3. The van der Waals surface area contributed by atoms with Crippen molar-refractivity contribution in [3.8, 4) is 5.75 Å². The second-order valence-electron chi connectivity index (χ2n) is 10.3. The summed E-state index contributed by atoms with van der Waals surface area (Å²) in [5.74, 6) is 2.10. The third kappa shape index (κ3) is 5.88. The minimum absolute atomic E-state index is 0.0722. The Kier molecular flexibility index (Phi) is 8.33. The normalized spacial score (nSPS) is 15.5. The van der Waals surface area contributed by atoms with E-state index in [2.05, 4.69) is 54.0 Å². The molecule has 1 amide bonds. The Balaban J connectivity index is 1.26. The van der Waals surface area contributed by atoms with Gasteiger partial charge in [0.1, 0.15) is 11.6 Å². The van der Waals surface area contributed by atoms with Crippen LogP contribution in [0.4, 0.5) is 5.69 Å². The molecule has 198 valence electrons. The molecule has 0 bridgehead atoms. The maximum atomic E-state index is 13.1. The molecular weight excluding hydrogens is 494 g/mol. The van der Waals surface area contributed by atoms with Crippen LogP contribution in [0.15, 0.2) is 66.7 Å².